The number of esters is 1. The highest BCUT2D eigenvalue weighted by molar-refractivity contribution is 5.74. The van der Waals surface area contributed by atoms with E-state index in [0.29, 0.717) is 5.75 Å². The Morgan fingerprint density at radius 1 is 1.43 bits per heavy atom. The number of para-hydroxylation sites is 1. The molecule has 3 heteroatoms. The molecule has 0 aliphatic heterocycles. The van der Waals surface area contributed by atoms with E-state index in [1.54, 1.807) is 6.07 Å². The van der Waals surface area contributed by atoms with E-state index in [4.69, 9.17) is 10.5 Å². The summed E-state index contributed by atoms with van der Waals surface area (Å²) in [5.41, 5.74) is 6.22. The first-order chi connectivity index (χ1) is 6.77. The highest BCUT2D eigenvalue weighted by Crippen LogP contribution is 2.19. The van der Waals surface area contributed by atoms with Gasteiger partial charge >= 0.3 is 5.97 Å². The third kappa shape index (κ3) is 2.85. The zero-order chi connectivity index (χ0) is 10.4. The van der Waals surface area contributed by atoms with Gasteiger partial charge in [0.2, 0.25) is 0 Å². The van der Waals surface area contributed by atoms with Crippen molar-refractivity contribution in [1.29, 1.82) is 0 Å². The Kier molecular flexibility index (Phi) is 4.13. The highest BCUT2D eigenvalue weighted by atomic mass is 16.5. The molecule has 1 aromatic carbocycles. The van der Waals surface area contributed by atoms with Gasteiger partial charge in [0.25, 0.3) is 0 Å². The third-order valence-corrected chi connectivity index (χ3v) is 1.88. The van der Waals surface area contributed by atoms with E-state index in [1.807, 2.05) is 18.2 Å². The Labute approximate surface area is 83.9 Å². The molecular formula is C11H15NO2. The lowest BCUT2D eigenvalue weighted by atomic mass is 10.1. The lowest BCUT2D eigenvalue weighted by Gasteiger charge is -2.07. The first-order valence-electron chi connectivity index (χ1n) is 4.76. The first kappa shape index (κ1) is 10.7. The van der Waals surface area contributed by atoms with Gasteiger partial charge in [-0.25, -0.2) is 0 Å². The first-order valence-corrected chi connectivity index (χ1v) is 4.76. The molecule has 2 N–H and O–H groups in total. The van der Waals surface area contributed by atoms with Crippen LogP contribution in [0, 0.1) is 0 Å². The SMILES string of the molecule is CCCc1ccccc1OC(=O)CN. The van der Waals surface area contributed by atoms with E-state index in [1.165, 1.54) is 0 Å². The van der Waals surface area contributed by atoms with E-state index in [2.05, 4.69) is 6.92 Å². The minimum absolute atomic E-state index is 0.0829. The van der Waals surface area contributed by atoms with Crippen LogP contribution in [0.3, 0.4) is 0 Å². The van der Waals surface area contributed by atoms with Gasteiger partial charge < -0.3 is 10.5 Å². The van der Waals surface area contributed by atoms with Crippen LogP contribution in [0.1, 0.15) is 18.9 Å². The number of nitrogens with two attached hydrogens (primary N) is 1. The maximum absolute atomic E-state index is 11.0. The van der Waals surface area contributed by atoms with E-state index < -0.39 is 5.97 Å². The molecule has 1 rings (SSSR count). The Bertz CT molecular complexity index is 310. The molecule has 1 aromatic rings. The van der Waals surface area contributed by atoms with Crippen LogP contribution in [0.25, 0.3) is 0 Å². The summed E-state index contributed by atoms with van der Waals surface area (Å²) >= 11 is 0. The molecule has 0 aliphatic rings. The second-order valence-corrected chi connectivity index (χ2v) is 3.04. The maximum Gasteiger partial charge on any atom is 0.325 e. The Morgan fingerprint density at radius 3 is 2.79 bits per heavy atom. The standard InChI is InChI=1S/C11H15NO2/c1-2-5-9-6-3-4-7-10(9)14-11(13)8-12/h3-4,6-7H,2,5,8,12H2,1H3. The van der Waals surface area contributed by atoms with E-state index >= 15 is 0 Å². The smallest absolute Gasteiger partial charge is 0.325 e. The second kappa shape index (κ2) is 5.40. The maximum atomic E-state index is 11.0. The number of carbonyl (C=O) groups is 1. The van der Waals surface area contributed by atoms with Gasteiger partial charge in [-0.1, -0.05) is 31.5 Å². The van der Waals surface area contributed by atoms with Gasteiger partial charge in [0.05, 0.1) is 6.54 Å². The predicted octanol–water partition coefficient (Wildman–Crippen LogP) is 1.50. The van der Waals surface area contributed by atoms with E-state index in [0.717, 1.165) is 18.4 Å². The van der Waals surface area contributed by atoms with Crippen molar-refractivity contribution in [2.45, 2.75) is 19.8 Å². The van der Waals surface area contributed by atoms with Crippen molar-refractivity contribution in [3.63, 3.8) is 0 Å². The molecule has 0 spiro atoms. The summed E-state index contributed by atoms with van der Waals surface area (Å²) in [7, 11) is 0. The molecule has 0 aromatic heterocycles. The van der Waals surface area contributed by atoms with Gasteiger partial charge in [-0.3, -0.25) is 4.79 Å². The fraction of sp³-hybridized carbons (Fsp3) is 0.364. The van der Waals surface area contributed by atoms with Crippen molar-refractivity contribution in [3.05, 3.63) is 29.8 Å². The topological polar surface area (TPSA) is 52.3 Å². The molecule has 0 aliphatic carbocycles. The van der Waals surface area contributed by atoms with Crippen molar-refractivity contribution < 1.29 is 9.53 Å². The summed E-state index contributed by atoms with van der Waals surface area (Å²) in [5.74, 6) is 0.235. The summed E-state index contributed by atoms with van der Waals surface area (Å²) in [6.45, 7) is 2.00. The van der Waals surface area contributed by atoms with Crippen molar-refractivity contribution in [1.82, 2.24) is 0 Å². The van der Waals surface area contributed by atoms with Gasteiger partial charge in [0, 0.05) is 0 Å². The van der Waals surface area contributed by atoms with Crippen LogP contribution in [-0.2, 0) is 11.2 Å². The van der Waals surface area contributed by atoms with Crippen LogP contribution in [-0.4, -0.2) is 12.5 Å². The van der Waals surface area contributed by atoms with Crippen LogP contribution < -0.4 is 10.5 Å². The minimum Gasteiger partial charge on any atom is -0.425 e. The normalized spacial score (nSPS) is 9.86. The molecule has 0 atom stereocenters. The number of aryl methyl sites for hydroxylation is 1. The number of rotatable bonds is 4. The zero-order valence-electron chi connectivity index (χ0n) is 8.32. The van der Waals surface area contributed by atoms with Gasteiger partial charge in [-0.05, 0) is 18.1 Å². The lowest BCUT2D eigenvalue weighted by molar-refractivity contribution is -0.132. The fourth-order valence-corrected chi connectivity index (χ4v) is 1.24. The molecule has 0 saturated carbocycles. The molecule has 0 bridgehead atoms. The van der Waals surface area contributed by atoms with Crippen molar-refractivity contribution in [2.75, 3.05) is 6.54 Å². The fourth-order valence-electron chi connectivity index (χ4n) is 1.24. The molecule has 0 unspecified atom stereocenters. The molecule has 0 radical (unpaired) electrons. The number of ether oxygens (including phenoxy) is 1. The quantitative estimate of drug-likeness (QED) is 0.582. The number of carbonyl (C=O) groups excluding carboxylic acids is 1. The zero-order valence-corrected chi connectivity index (χ0v) is 8.32. The monoisotopic (exact) mass is 193 g/mol. The second-order valence-electron chi connectivity index (χ2n) is 3.04. The number of hydrogen-bond donors (Lipinski definition) is 1. The van der Waals surface area contributed by atoms with Crippen LogP contribution >= 0.6 is 0 Å². The van der Waals surface area contributed by atoms with Crippen molar-refractivity contribution in [3.8, 4) is 5.75 Å². The van der Waals surface area contributed by atoms with Crippen molar-refractivity contribution in [2.24, 2.45) is 5.73 Å². The summed E-state index contributed by atoms with van der Waals surface area (Å²) < 4.78 is 5.08. The van der Waals surface area contributed by atoms with Gasteiger partial charge in [0.15, 0.2) is 0 Å². The molecule has 0 saturated heterocycles. The Hall–Kier alpha value is -1.35. The van der Waals surface area contributed by atoms with Crippen LogP contribution in [0.5, 0.6) is 5.75 Å². The molecule has 76 valence electrons. The lowest BCUT2D eigenvalue weighted by Crippen LogP contribution is -2.20. The van der Waals surface area contributed by atoms with Crippen molar-refractivity contribution >= 4 is 5.97 Å². The van der Waals surface area contributed by atoms with E-state index in [9.17, 15) is 4.79 Å². The summed E-state index contributed by atoms with van der Waals surface area (Å²) in [4.78, 5) is 11.0. The predicted molar refractivity (Wildman–Crippen MR) is 55.1 cm³/mol. The van der Waals surface area contributed by atoms with Crippen LogP contribution in [0.4, 0.5) is 0 Å². The molecular weight excluding hydrogens is 178 g/mol. The molecule has 3 nitrogen and oxygen atoms in total. The highest BCUT2D eigenvalue weighted by Gasteiger charge is 2.05. The van der Waals surface area contributed by atoms with Gasteiger partial charge in [0.1, 0.15) is 5.75 Å². The molecule has 14 heavy (non-hydrogen) atoms. The average Bonchev–Trinajstić information content (AvgIpc) is 2.21. The van der Waals surface area contributed by atoms with Crippen LogP contribution in [0.15, 0.2) is 24.3 Å². The van der Waals surface area contributed by atoms with E-state index in [-0.39, 0.29) is 6.54 Å². The Balaban J connectivity index is 2.78. The van der Waals surface area contributed by atoms with Gasteiger partial charge in [-0.15, -0.1) is 0 Å². The molecule has 0 heterocycles. The minimum atomic E-state index is -0.395. The number of hydrogen-bond acceptors (Lipinski definition) is 3. The number of benzene rings is 1. The van der Waals surface area contributed by atoms with Crippen LogP contribution in [0.2, 0.25) is 0 Å². The summed E-state index contributed by atoms with van der Waals surface area (Å²) in [5, 5.41) is 0. The van der Waals surface area contributed by atoms with Gasteiger partial charge in [-0.2, -0.15) is 0 Å². The molecule has 0 amide bonds. The Morgan fingerprint density at radius 2 is 2.14 bits per heavy atom. The summed E-state index contributed by atoms with van der Waals surface area (Å²) in [6.07, 6.45) is 1.94. The third-order valence-electron chi connectivity index (χ3n) is 1.88. The summed E-state index contributed by atoms with van der Waals surface area (Å²) in [6, 6.07) is 7.53. The average molecular weight is 193 g/mol. The molecule has 0 fully saturated rings. The largest absolute Gasteiger partial charge is 0.425 e.